The van der Waals surface area contributed by atoms with E-state index in [1.807, 2.05) is 18.2 Å². The van der Waals surface area contributed by atoms with Gasteiger partial charge in [-0.05, 0) is 37.4 Å². The topological polar surface area (TPSA) is 30.5 Å². The van der Waals surface area contributed by atoms with Crippen LogP contribution in [0.15, 0.2) is 18.2 Å². The first kappa shape index (κ1) is 17.8. The van der Waals surface area contributed by atoms with Gasteiger partial charge in [0.05, 0.1) is 19.8 Å². The van der Waals surface area contributed by atoms with E-state index in [9.17, 15) is 0 Å². The maximum absolute atomic E-state index is 5.57. The van der Waals surface area contributed by atoms with Crippen LogP contribution < -0.4 is 14.8 Å². The van der Waals surface area contributed by atoms with Gasteiger partial charge in [0.25, 0.3) is 0 Å². The summed E-state index contributed by atoms with van der Waals surface area (Å²) >= 11 is 0. The summed E-state index contributed by atoms with van der Waals surface area (Å²) in [4.78, 5) is 0. The van der Waals surface area contributed by atoms with Gasteiger partial charge in [-0.3, -0.25) is 0 Å². The normalized spacial score (nSPS) is 13.8. The maximum atomic E-state index is 5.57. The Balaban J connectivity index is 3.05. The molecule has 21 heavy (non-hydrogen) atoms. The highest BCUT2D eigenvalue weighted by Crippen LogP contribution is 2.37. The summed E-state index contributed by atoms with van der Waals surface area (Å²) in [6.07, 6.45) is 4.70. The third-order valence-corrected chi connectivity index (χ3v) is 3.87. The lowest BCUT2D eigenvalue weighted by atomic mass is 9.91. The van der Waals surface area contributed by atoms with Crippen LogP contribution in [0.2, 0.25) is 0 Å². The molecule has 0 aliphatic rings. The highest BCUT2D eigenvalue weighted by molar-refractivity contribution is 5.47. The minimum absolute atomic E-state index is 0.276. The van der Waals surface area contributed by atoms with E-state index in [-0.39, 0.29) is 6.04 Å². The average Bonchev–Trinajstić information content (AvgIpc) is 2.50. The molecule has 0 heterocycles. The van der Waals surface area contributed by atoms with Crippen LogP contribution >= 0.6 is 0 Å². The second-order valence-corrected chi connectivity index (χ2v) is 5.71. The van der Waals surface area contributed by atoms with Crippen LogP contribution in [0.1, 0.15) is 58.1 Å². The van der Waals surface area contributed by atoms with Crippen molar-refractivity contribution in [3.8, 4) is 11.5 Å². The first-order chi connectivity index (χ1) is 10.2. The van der Waals surface area contributed by atoms with Crippen molar-refractivity contribution >= 4 is 0 Å². The predicted molar refractivity (Wildman–Crippen MR) is 89.3 cm³/mol. The monoisotopic (exact) mass is 293 g/mol. The van der Waals surface area contributed by atoms with Gasteiger partial charge in [0.2, 0.25) is 0 Å². The number of methoxy groups -OCH3 is 2. The number of benzene rings is 1. The van der Waals surface area contributed by atoms with Gasteiger partial charge in [-0.1, -0.05) is 39.7 Å². The van der Waals surface area contributed by atoms with Crippen LogP contribution in [0, 0.1) is 5.92 Å². The van der Waals surface area contributed by atoms with Gasteiger partial charge < -0.3 is 14.8 Å². The van der Waals surface area contributed by atoms with Crippen LogP contribution in [0.4, 0.5) is 0 Å². The Morgan fingerprint density at radius 1 is 1.05 bits per heavy atom. The molecule has 0 saturated heterocycles. The van der Waals surface area contributed by atoms with Crippen molar-refractivity contribution in [2.45, 2.75) is 52.5 Å². The summed E-state index contributed by atoms with van der Waals surface area (Å²) < 4.78 is 11.1. The van der Waals surface area contributed by atoms with Crippen LogP contribution in [-0.4, -0.2) is 20.8 Å². The first-order valence-corrected chi connectivity index (χ1v) is 8.12. The van der Waals surface area contributed by atoms with Crippen LogP contribution in [0.25, 0.3) is 0 Å². The average molecular weight is 293 g/mol. The Bertz CT molecular complexity index is 384. The molecule has 0 aromatic heterocycles. The molecule has 1 aromatic carbocycles. The highest BCUT2D eigenvalue weighted by Gasteiger charge is 2.22. The number of nitrogens with one attached hydrogen (secondary N) is 1. The van der Waals surface area contributed by atoms with E-state index in [1.54, 1.807) is 14.2 Å². The smallest absolute Gasteiger partial charge is 0.127 e. The number of rotatable bonds is 10. The molecule has 1 rings (SSSR count). The lowest BCUT2D eigenvalue weighted by Crippen LogP contribution is -2.25. The fraction of sp³-hybridized carbons (Fsp3) is 0.667. The zero-order chi connectivity index (χ0) is 15.7. The zero-order valence-corrected chi connectivity index (χ0v) is 14.2. The van der Waals surface area contributed by atoms with Crippen LogP contribution in [0.5, 0.6) is 11.5 Å². The molecule has 0 bridgehead atoms. The Hall–Kier alpha value is -1.22. The van der Waals surface area contributed by atoms with Crippen molar-refractivity contribution in [3.05, 3.63) is 23.8 Å². The molecule has 2 atom stereocenters. The molecule has 120 valence electrons. The SMILES string of the molecule is CCCNC(CC(C)CCC)c1c(OC)cccc1OC. The maximum Gasteiger partial charge on any atom is 0.127 e. The Kier molecular flexibility index (Phi) is 8.21. The minimum atomic E-state index is 0.276. The summed E-state index contributed by atoms with van der Waals surface area (Å²) in [7, 11) is 3.45. The molecule has 3 nitrogen and oxygen atoms in total. The van der Waals surface area contributed by atoms with E-state index < -0.39 is 0 Å². The first-order valence-electron chi connectivity index (χ1n) is 8.12. The number of hydrogen-bond donors (Lipinski definition) is 1. The van der Waals surface area contributed by atoms with Crippen LogP contribution in [-0.2, 0) is 0 Å². The van der Waals surface area contributed by atoms with Gasteiger partial charge in [-0.25, -0.2) is 0 Å². The van der Waals surface area contributed by atoms with Gasteiger partial charge >= 0.3 is 0 Å². The van der Waals surface area contributed by atoms with Crippen LogP contribution in [0.3, 0.4) is 0 Å². The molecule has 0 fully saturated rings. The van der Waals surface area contributed by atoms with Crippen molar-refractivity contribution in [1.82, 2.24) is 5.32 Å². The van der Waals surface area contributed by atoms with Crippen molar-refractivity contribution < 1.29 is 9.47 Å². The molecule has 1 aromatic rings. The van der Waals surface area contributed by atoms with Gasteiger partial charge in [0, 0.05) is 6.04 Å². The van der Waals surface area contributed by atoms with Crippen molar-refractivity contribution in [2.24, 2.45) is 5.92 Å². The third kappa shape index (κ3) is 5.24. The lowest BCUT2D eigenvalue weighted by molar-refractivity contribution is 0.343. The zero-order valence-electron chi connectivity index (χ0n) is 14.2. The summed E-state index contributed by atoms with van der Waals surface area (Å²) in [6.45, 7) is 7.77. The molecule has 0 radical (unpaired) electrons. The van der Waals surface area contributed by atoms with E-state index in [0.29, 0.717) is 5.92 Å². The molecule has 0 aliphatic carbocycles. The van der Waals surface area contributed by atoms with Gasteiger partial charge in [0.1, 0.15) is 11.5 Å². The van der Waals surface area contributed by atoms with E-state index in [2.05, 4.69) is 26.1 Å². The summed E-state index contributed by atoms with van der Waals surface area (Å²) in [6, 6.07) is 6.29. The summed E-state index contributed by atoms with van der Waals surface area (Å²) in [5.41, 5.74) is 1.15. The summed E-state index contributed by atoms with van der Waals surface area (Å²) in [5, 5.41) is 3.66. The van der Waals surface area contributed by atoms with Gasteiger partial charge in [0.15, 0.2) is 0 Å². The third-order valence-electron chi connectivity index (χ3n) is 3.87. The molecule has 1 N–H and O–H groups in total. The number of ether oxygens (including phenoxy) is 2. The van der Waals surface area contributed by atoms with Crippen molar-refractivity contribution in [1.29, 1.82) is 0 Å². The fourth-order valence-electron chi connectivity index (χ4n) is 2.86. The number of hydrogen-bond acceptors (Lipinski definition) is 3. The van der Waals surface area contributed by atoms with Gasteiger partial charge in [-0.2, -0.15) is 0 Å². The molecule has 3 heteroatoms. The predicted octanol–water partition coefficient (Wildman–Crippen LogP) is 4.57. The quantitative estimate of drug-likeness (QED) is 0.685. The van der Waals surface area contributed by atoms with Crippen molar-refractivity contribution in [2.75, 3.05) is 20.8 Å². The molecule has 0 aliphatic heterocycles. The molecule has 0 spiro atoms. The van der Waals surface area contributed by atoms with E-state index >= 15 is 0 Å². The van der Waals surface area contributed by atoms with E-state index in [1.165, 1.54) is 12.8 Å². The Labute approximate surface area is 130 Å². The largest absolute Gasteiger partial charge is 0.496 e. The standard InChI is InChI=1S/C18H31NO2/c1-6-9-14(3)13-15(19-12-7-2)18-16(20-4)10-8-11-17(18)21-5/h8,10-11,14-15,19H,6-7,9,12-13H2,1-5H3. The minimum Gasteiger partial charge on any atom is -0.496 e. The molecule has 2 unspecified atom stereocenters. The second-order valence-electron chi connectivity index (χ2n) is 5.71. The summed E-state index contributed by atoms with van der Waals surface area (Å²) in [5.74, 6) is 2.50. The second kappa shape index (κ2) is 9.67. The lowest BCUT2D eigenvalue weighted by Gasteiger charge is -2.26. The Morgan fingerprint density at radius 3 is 2.14 bits per heavy atom. The fourth-order valence-corrected chi connectivity index (χ4v) is 2.86. The van der Waals surface area contributed by atoms with Crippen molar-refractivity contribution in [3.63, 3.8) is 0 Å². The molecule has 0 amide bonds. The molecule has 0 saturated carbocycles. The van der Waals surface area contributed by atoms with E-state index in [4.69, 9.17) is 9.47 Å². The Morgan fingerprint density at radius 2 is 1.67 bits per heavy atom. The molecular formula is C18H31NO2. The van der Waals surface area contributed by atoms with Gasteiger partial charge in [-0.15, -0.1) is 0 Å². The highest BCUT2D eigenvalue weighted by atomic mass is 16.5. The molecular weight excluding hydrogens is 262 g/mol. The van der Waals surface area contributed by atoms with E-state index in [0.717, 1.165) is 36.4 Å².